The molecule has 0 radical (unpaired) electrons. The fourth-order valence-electron chi connectivity index (χ4n) is 1.19. The molecule has 0 heterocycles. The van der Waals surface area contributed by atoms with Crippen LogP contribution in [0.4, 0.5) is 43.9 Å². The highest BCUT2D eigenvalue weighted by Crippen LogP contribution is 2.35. The number of carbonyl (C=O) groups excluding carboxylic acids is 1. The van der Waals surface area contributed by atoms with E-state index >= 15 is 0 Å². The SMILES string of the molecule is FCC(F)(F)C(F)(F)F.O=C(c1ccccc1)C(CF)C(F)(F)F. The van der Waals surface area contributed by atoms with Crippen LogP contribution in [0.5, 0.6) is 0 Å². The molecule has 0 aromatic heterocycles. The van der Waals surface area contributed by atoms with Crippen LogP contribution in [0, 0.1) is 5.92 Å². The van der Waals surface area contributed by atoms with E-state index in [4.69, 9.17) is 0 Å². The number of halogens is 10. The van der Waals surface area contributed by atoms with E-state index in [0.717, 1.165) is 0 Å². The fourth-order valence-corrected chi connectivity index (χ4v) is 1.19. The maximum absolute atomic E-state index is 12.2. The molecule has 1 aromatic rings. The van der Waals surface area contributed by atoms with Crippen LogP contribution in [0.25, 0.3) is 0 Å². The first-order chi connectivity index (χ1) is 10.8. The van der Waals surface area contributed by atoms with Gasteiger partial charge < -0.3 is 0 Å². The van der Waals surface area contributed by atoms with E-state index in [9.17, 15) is 48.7 Å². The number of ketones is 1. The summed E-state index contributed by atoms with van der Waals surface area (Å²) in [5.74, 6) is -8.97. The predicted molar refractivity (Wildman–Crippen MR) is 63.3 cm³/mol. The summed E-state index contributed by atoms with van der Waals surface area (Å²) in [7, 11) is 0. The van der Waals surface area contributed by atoms with E-state index in [-0.39, 0.29) is 5.56 Å². The minimum Gasteiger partial charge on any atom is -0.293 e. The summed E-state index contributed by atoms with van der Waals surface area (Å²) >= 11 is 0. The van der Waals surface area contributed by atoms with Crippen LogP contribution in [0.3, 0.4) is 0 Å². The zero-order chi connectivity index (χ0) is 19.2. The van der Waals surface area contributed by atoms with Gasteiger partial charge in [0, 0.05) is 5.56 Å². The van der Waals surface area contributed by atoms with Crippen molar-refractivity contribution >= 4 is 5.78 Å². The number of Topliss-reactive ketones (excluding diaryl/α,β-unsaturated/α-hetero) is 1. The Kier molecular flexibility index (Phi) is 7.71. The Morgan fingerprint density at radius 2 is 1.33 bits per heavy atom. The molecule has 11 heteroatoms. The summed E-state index contributed by atoms with van der Waals surface area (Å²) in [5, 5.41) is 0. The lowest BCUT2D eigenvalue weighted by atomic mass is 9.98. The lowest BCUT2D eigenvalue weighted by molar-refractivity contribution is -0.286. The maximum atomic E-state index is 12.2. The molecule has 0 aliphatic heterocycles. The van der Waals surface area contributed by atoms with Crippen molar-refractivity contribution in [3.05, 3.63) is 35.9 Å². The van der Waals surface area contributed by atoms with Crippen molar-refractivity contribution in [2.24, 2.45) is 5.92 Å². The highest BCUT2D eigenvalue weighted by molar-refractivity contribution is 5.98. The minimum atomic E-state index is -5.76. The molecule has 0 saturated heterocycles. The standard InChI is InChI=1S/C10H8F4O.C3H2F6/c11-6-8(10(12,13)14)9(15)7-4-2-1-3-5-7;4-1-2(5,6)3(7,8)9/h1-5,8H,6H2;1H2. The molecule has 0 amide bonds. The highest BCUT2D eigenvalue weighted by atomic mass is 19.4. The van der Waals surface area contributed by atoms with Gasteiger partial charge in [-0.25, -0.2) is 8.78 Å². The van der Waals surface area contributed by atoms with E-state index in [1.165, 1.54) is 24.3 Å². The zero-order valence-electron chi connectivity index (χ0n) is 11.6. The van der Waals surface area contributed by atoms with Gasteiger partial charge in [-0.1, -0.05) is 30.3 Å². The molecule has 1 rings (SSSR count). The van der Waals surface area contributed by atoms with Crippen LogP contribution in [0.1, 0.15) is 10.4 Å². The van der Waals surface area contributed by atoms with Crippen molar-refractivity contribution in [2.75, 3.05) is 13.3 Å². The molecule has 0 N–H and O–H groups in total. The van der Waals surface area contributed by atoms with Crippen LogP contribution in [0.2, 0.25) is 0 Å². The van der Waals surface area contributed by atoms with Gasteiger partial charge in [-0.05, 0) is 0 Å². The number of benzene rings is 1. The van der Waals surface area contributed by atoms with E-state index in [1.807, 2.05) is 0 Å². The smallest absolute Gasteiger partial charge is 0.293 e. The van der Waals surface area contributed by atoms with Gasteiger partial charge in [-0.15, -0.1) is 0 Å². The summed E-state index contributed by atoms with van der Waals surface area (Å²) in [6.45, 7) is -4.42. The van der Waals surface area contributed by atoms with Crippen molar-refractivity contribution in [2.45, 2.75) is 18.3 Å². The first kappa shape index (κ1) is 22.2. The molecule has 1 atom stereocenters. The molecule has 1 nitrogen and oxygen atoms in total. The lowest BCUT2D eigenvalue weighted by Crippen LogP contribution is -2.38. The van der Waals surface area contributed by atoms with E-state index < -0.39 is 43.3 Å². The molecule has 24 heavy (non-hydrogen) atoms. The largest absolute Gasteiger partial charge is 0.456 e. The topological polar surface area (TPSA) is 17.1 Å². The molecule has 0 bridgehead atoms. The molecular weight excluding hydrogens is 362 g/mol. The maximum Gasteiger partial charge on any atom is 0.456 e. The van der Waals surface area contributed by atoms with Gasteiger partial charge >= 0.3 is 18.3 Å². The number of alkyl halides is 10. The van der Waals surface area contributed by atoms with Gasteiger partial charge in [0.05, 0.1) is 0 Å². The van der Waals surface area contributed by atoms with Crippen LogP contribution in [0.15, 0.2) is 30.3 Å². The predicted octanol–water partition coefficient (Wildman–Crippen LogP) is 5.17. The second-order valence-electron chi connectivity index (χ2n) is 4.31. The van der Waals surface area contributed by atoms with E-state index in [1.54, 1.807) is 6.07 Å². The van der Waals surface area contributed by atoms with Crippen LogP contribution < -0.4 is 0 Å². The van der Waals surface area contributed by atoms with Crippen molar-refractivity contribution in [3.8, 4) is 0 Å². The summed E-state index contributed by atoms with van der Waals surface area (Å²) in [4.78, 5) is 11.3. The molecule has 1 aromatic carbocycles. The Morgan fingerprint density at radius 1 is 0.875 bits per heavy atom. The Labute approximate surface area is 129 Å². The summed E-state index contributed by atoms with van der Waals surface area (Å²) in [6, 6.07) is 6.89. The van der Waals surface area contributed by atoms with Gasteiger partial charge in [-0.3, -0.25) is 4.79 Å². The highest BCUT2D eigenvalue weighted by Gasteiger charge is 2.57. The quantitative estimate of drug-likeness (QED) is 0.526. The molecule has 138 valence electrons. The normalized spacial score (nSPS) is 13.8. The lowest BCUT2D eigenvalue weighted by Gasteiger charge is -2.15. The van der Waals surface area contributed by atoms with Crippen LogP contribution >= 0.6 is 0 Å². The Balaban J connectivity index is 0.000000506. The van der Waals surface area contributed by atoms with Gasteiger partial charge in [0.15, 0.2) is 12.5 Å². The van der Waals surface area contributed by atoms with Gasteiger partial charge in [-0.2, -0.15) is 35.1 Å². The van der Waals surface area contributed by atoms with E-state index in [2.05, 4.69) is 0 Å². The number of rotatable bonds is 4. The zero-order valence-corrected chi connectivity index (χ0v) is 11.6. The van der Waals surface area contributed by atoms with Gasteiger partial charge in [0.25, 0.3) is 0 Å². The molecular formula is C13H10F10O. The Bertz CT molecular complexity index is 506. The van der Waals surface area contributed by atoms with Crippen molar-refractivity contribution in [1.29, 1.82) is 0 Å². The van der Waals surface area contributed by atoms with Gasteiger partial charge in [0.1, 0.15) is 12.6 Å². The van der Waals surface area contributed by atoms with Crippen LogP contribution in [-0.2, 0) is 0 Å². The van der Waals surface area contributed by atoms with Crippen molar-refractivity contribution in [1.82, 2.24) is 0 Å². The Morgan fingerprint density at radius 3 is 1.58 bits per heavy atom. The summed E-state index contributed by atoms with van der Waals surface area (Å²) in [5.41, 5.74) is -0.127. The molecule has 0 spiro atoms. The third-order valence-electron chi connectivity index (χ3n) is 2.51. The van der Waals surface area contributed by atoms with Crippen LogP contribution in [-0.4, -0.2) is 37.4 Å². The van der Waals surface area contributed by atoms with Gasteiger partial charge in [0.2, 0.25) is 0 Å². The second-order valence-corrected chi connectivity index (χ2v) is 4.31. The molecule has 0 aliphatic carbocycles. The average molecular weight is 372 g/mol. The fraction of sp³-hybridized carbons (Fsp3) is 0.462. The molecule has 0 fully saturated rings. The number of hydrogen-bond acceptors (Lipinski definition) is 1. The minimum absolute atomic E-state index is 0.127. The first-order valence-corrected chi connectivity index (χ1v) is 6.00. The van der Waals surface area contributed by atoms with E-state index in [0.29, 0.717) is 0 Å². The Hall–Kier alpha value is -1.81. The number of carbonyl (C=O) groups is 1. The van der Waals surface area contributed by atoms with Crippen molar-refractivity contribution < 1.29 is 48.7 Å². The summed E-state index contributed by atoms with van der Waals surface area (Å²) < 4.78 is 114. The first-order valence-electron chi connectivity index (χ1n) is 6.00. The third-order valence-corrected chi connectivity index (χ3v) is 2.51. The molecule has 0 saturated carbocycles. The molecule has 1 unspecified atom stereocenters. The monoisotopic (exact) mass is 372 g/mol. The third kappa shape index (κ3) is 6.36. The molecule has 0 aliphatic rings. The number of hydrogen-bond donors (Lipinski definition) is 0. The second kappa shape index (κ2) is 8.34. The average Bonchev–Trinajstić information content (AvgIpc) is 2.46. The van der Waals surface area contributed by atoms with Crippen molar-refractivity contribution in [3.63, 3.8) is 0 Å². The summed E-state index contributed by atoms with van der Waals surface area (Å²) in [6.07, 6.45) is -10.6.